The van der Waals surface area contributed by atoms with E-state index in [-0.39, 0.29) is 18.2 Å². The first-order valence-corrected chi connectivity index (χ1v) is 9.77. The van der Waals surface area contributed by atoms with E-state index in [0.29, 0.717) is 22.8 Å². The van der Waals surface area contributed by atoms with Crippen molar-refractivity contribution in [3.05, 3.63) is 101 Å². The van der Waals surface area contributed by atoms with Crippen LogP contribution >= 0.6 is 11.6 Å². The molecule has 0 aromatic heterocycles. The predicted octanol–water partition coefficient (Wildman–Crippen LogP) is 4.91. The van der Waals surface area contributed by atoms with Crippen molar-refractivity contribution in [1.82, 2.24) is 5.32 Å². The number of hydrogen-bond acceptors (Lipinski definition) is 3. The van der Waals surface area contributed by atoms with Crippen molar-refractivity contribution in [1.29, 1.82) is 0 Å². The van der Waals surface area contributed by atoms with Gasteiger partial charge in [0.2, 0.25) is 5.91 Å². The van der Waals surface area contributed by atoms with Crippen molar-refractivity contribution in [3.63, 3.8) is 0 Å². The maximum absolute atomic E-state index is 12.3. The lowest BCUT2D eigenvalue weighted by Gasteiger charge is -2.08. The highest BCUT2D eigenvalue weighted by atomic mass is 35.5. The van der Waals surface area contributed by atoms with Gasteiger partial charge in [0.1, 0.15) is 5.76 Å². The number of anilines is 1. The first-order chi connectivity index (χ1) is 14.4. The van der Waals surface area contributed by atoms with Crippen LogP contribution in [0.5, 0.6) is 0 Å². The molecule has 0 fully saturated rings. The molecule has 0 unspecified atom stereocenters. The summed E-state index contributed by atoms with van der Waals surface area (Å²) in [6.07, 6.45) is 5.67. The normalized spacial score (nSPS) is 11.2. The largest absolute Gasteiger partial charge is 0.497 e. The molecule has 0 aliphatic rings. The number of carbonyl (C=O) groups excluding carboxylic acids is 2. The van der Waals surface area contributed by atoms with Crippen molar-refractivity contribution >= 4 is 29.1 Å². The number of methoxy groups -OCH3 is 1. The molecule has 0 atom stereocenters. The van der Waals surface area contributed by atoms with Gasteiger partial charge in [-0.3, -0.25) is 9.59 Å². The van der Waals surface area contributed by atoms with Gasteiger partial charge in [0.25, 0.3) is 5.91 Å². The second-order valence-corrected chi connectivity index (χ2v) is 6.94. The maximum atomic E-state index is 12.3. The van der Waals surface area contributed by atoms with Gasteiger partial charge in [-0.1, -0.05) is 42.5 Å². The number of carbonyl (C=O) groups is 2. The zero-order valence-electron chi connectivity index (χ0n) is 17.1. The highest BCUT2D eigenvalue weighted by Gasteiger charge is 2.08. The van der Waals surface area contributed by atoms with Gasteiger partial charge in [0.05, 0.1) is 13.5 Å². The minimum atomic E-state index is -0.246. The fourth-order valence-electron chi connectivity index (χ4n) is 2.54. The average Bonchev–Trinajstić information content (AvgIpc) is 2.74. The molecule has 6 heteroatoms. The number of amides is 2. The standard InChI is InChI=1S/C24H25ClN2O3/c1-4-22(30-3)13-8-17(2)16-26-23(28)14-18-9-11-21(12-10-18)27-24(29)19-6-5-7-20(25)15-19/h4-13,15H,2,14,16H2,1,3H3,(H,26,28)(H,27,29)/b13-8-,22-4+. The molecule has 156 valence electrons. The second-order valence-electron chi connectivity index (χ2n) is 6.50. The Hall–Kier alpha value is -3.31. The van der Waals surface area contributed by atoms with E-state index in [1.807, 2.05) is 13.0 Å². The van der Waals surface area contributed by atoms with Crippen molar-refractivity contribution in [2.45, 2.75) is 13.3 Å². The number of nitrogens with one attached hydrogen (secondary N) is 2. The van der Waals surface area contributed by atoms with Crippen LogP contribution in [0.4, 0.5) is 5.69 Å². The number of halogens is 1. The number of rotatable bonds is 9. The molecule has 2 N–H and O–H groups in total. The van der Waals surface area contributed by atoms with E-state index in [1.54, 1.807) is 67.8 Å². The monoisotopic (exact) mass is 424 g/mol. The molecule has 0 saturated heterocycles. The van der Waals surface area contributed by atoms with Crippen LogP contribution < -0.4 is 10.6 Å². The summed E-state index contributed by atoms with van der Waals surface area (Å²) in [4.78, 5) is 24.4. The predicted molar refractivity (Wildman–Crippen MR) is 122 cm³/mol. The Labute approximate surface area is 182 Å². The highest BCUT2D eigenvalue weighted by molar-refractivity contribution is 6.31. The van der Waals surface area contributed by atoms with Crippen molar-refractivity contribution < 1.29 is 14.3 Å². The summed E-state index contributed by atoms with van der Waals surface area (Å²) in [7, 11) is 1.60. The fraction of sp³-hybridized carbons (Fsp3) is 0.167. The number of allylic oxidation sites excluding steroid dienone is 2. The summed E-state index contributed by atoms with van der Waals surface area (Å²) in [6.45, 7) is 6.14. The molecule has 0 bridgehead atoms. The molecule has 30 heavy (non-hydrogen) atoms. The molecule has 2 aromatic carbocycles. The van der Waals surface area contributed by atoms with Crippen LogP contribution in [0.3, 0.4) is 0 Å². The third kappa shape index (κ3) is 7.60. The van der Waals surface area contributed by atoms with E-state index in [9.17, 15) is 9.59 Å². The summed E-state index contributed by atoms with van der Waals surface area (Å²) < 4.78 is 5.13. The van der Waals surface area contributed by atoms with Crippen LogP contribution in [0.2, 0.25) is 5.02 Å². The molecule has 2 rings (SSSR count). The van der Waals surface area contributed by atoms with Crippen molar-refractivity contribution in [3.8, 4) is 0 Å². The van der Waals surface area contributed by atoms with Crippen LogP contribution in [0, 0.1) is 0 Å². The second kappa shape index (κ2) is 11.6. The van der Waals surface area contributed by atoms with E-state index < -0.39 is 0 Å². The number of hydrogen-bond donors (Lipinski definition) is 2. The third-order valence-corrected chi connectivity index (χ3v) is 4.41. The molecule has 0 spiro atoms. The minimum absolute atomic E-state index is 0.113. The summed E-state index contributed by atoms with van der Waals surface area (Å²) in [6, 6.07) is 13.9. The third-order valence-electron chi connectivity index (χ3n) is 4.18. The molecule has 0 saturated carbocycles. The zero-order chi connectivity index (χ0) is 21.9. The van der Waals surface area contributed by atoms with Crippen molar-refractivity contribution in [2.24, 2.45) is 0 Å². The Balaban J connectivity index is 1.83. The molecule has 5 nitrogen and oxygen atoms in total. The molecule has 0 heterocycles. The lowest BCUT2D eigenvalue weighted by atomic mass is 10.1. The molecular formula is C24H25ClN2O3. The van der Waals surface area contributed by atoms with Crippen LogP contribution in [-0.2, 0) is 16.0 Å². The molecule has 0 aliphatic carbocycles. The zero-order valence-corrected chi connectivity index (χ0v) is 17.8. The van der Waals surface area contributed by atoms with Gasteiger partial charge in [0.15, 0.2) is 0 Å². The van der Waals surface area contributed by atoms with Gasteiger partial charge < -0.3 is 15.4 Å². The van der Waals surface area contributed by atoms with Gasteiger partial charge in [-0.2, -0.15) is 0 Å². The van der Waals surface area contributed by atoms with E-state index in [0.717, 1.165) is 16.9 Å². The van der Waals surface area contributed by atoms with E-state index in [4.69, 9.17) is 16.3 Å². The first-order valence-electron chi connectivity index (χ1n) is 9.40. The highest BCUT2D eigenvalue weighted by Crippen LogP contribution is 2.15. The summed E-state index contributed by atoms with van der Waals surface area (Å²) in [5, 5.41) is 6.14. The Morgan fingerprint density at radius 2 is 1.87 bits per heavy atom. The van der Waals surface area contributed by atoms with Crippen molar-refractivity contribution in [2.75, 3.05) is 19.0 Å². The molecular weight excluding hydrogens is 400 g/mol. The fourth-order valence-corrected chi connectivity index (χ4v) is 2.73. The molecule has 2 amide bonds. The van der Waals surface area contributed by atoms with Crippen LogP contribution in [0.25, 0.3) is 0 Å². The quantitative estimate of drug-likeness (QED) is 0.443. The molecule has 0 radical (unpaired) electrons. The molecule has 2 aromatic rings. The number of ether oxygens (including phenoxy) is 1. The number of benzene rings is 2. The first kappa shape index (κ1) is 23.0. The Morgan fingerprint density at radius 1 is 1.13 bits per heavy atom. The summed E-state index contributed by atoms with van der Waals surface area (Å²) >= 11 is 5.92. The average molecular weight is 425 g/mol. The van der Waals surface area contributed by atoms with E-state index >= 15 is 0 Å². The van der Waals surface area contributed by atoms with Crippen LogP contribution in [-0.4, -0.2) is 25.5 Å². The van der Waals surface area contributed by atoms with Gasteiger partial charge >= 0.3 is 0 Å². The van der Waals surface area contributed by atoms with Gasteiger partial charge in [-0.15, -0.1) is 0 Å². The molecule has 0 aliphatic heterocycles. The lowest BCUT2D eigenvalue weighted by molar-refractivity contribution is -0.120. The minimum Gasteiger partial charge on any atom is -0.497 e. The lowest BCUT2D eigenvalue weighted by Crippen LogP contribution is -2.26. The topological polar surface area (TPSA) is 67.4 Å². The van der Waals surface area contributed by atoms with Gasteiger partial charge in [0, 0.05) is 22.8 Å². The summed E-state index contributed by atoms with van der Waals surface area (Å²) in [5.41, 5.74) is 2.72. The van der Waals surface area contributed by atoms with Crippen LogP contribution in [0.1, 0.15) is 22.8 Å². The SMILES string of the molecule is C=C(/C=C\C(=C/C)OC)CNC(=O)Cc1ccc(NC(=O)c2cccc(Cl)c2)cc1. The van der Waals surface area contributed by atoms with Gasteiger partial charge in [-0.05, 0) is 60.5 Å². The maximum Gasteiger partial charge on any atom is 0.255 e. The van der Waals surface area contributed by atoms with Gasteiger partial charge in [-0.25, -0.2) is 0 Å². The van der Waals surface area contributed by atoms with Crippen LogP contribution in [0.15, 0.2) is 84.7 Å². The Kier molecular flexibility index (Phi) is 8.91. The van der Waals surface area contributed by atoms with E-state index in [1.165, 1.54) is 0 Å². The Bertz CT molecular complexity index is 963. The summed E-state index contributed by atoms with van der Waals surface area (Å²) in [5.74, 6) is 0.368. The smallest absolute Gasteiger partial charge is 0.255 e. The Morgan fingerprint density at radius 3 is 2.50 bits per heavy atom. The van der Waals surface area contributed by atoms with E-state index in [2.05, 4.69) is 17.2 Å².